The fraction of sp³-hybridized carbons (Fsp3) is 0.286. The standard InChI is InChI=1S/C7H8N4O2/c1-10-5-8-11(7(10)12)4-6-2-3-9-13-6/h2-3,5H,4H2,1H3. The molecule has 6 nitrogen and oxygen atoms in total. The Labute approximate surface area is 73.4 Å². The summed E-state index contributed by atoms with van der Waals surface area (Å²) in [7, 11) is 1.65. The maximum absolute atomic E-state index is 11.3. The maximum atomic E-state index is 11.3. The summed E-state index contributed by atoms with van der Waals surface area (Å²) in [5, 5.41) is 7.40. The van der Waals surface area contributed by atoms with Crippen LogP contribution in [0.25, 0.3) is 0 Å². The molecule has 0 bridgehead atoms. The highest BCUT2D eigenvalue weighted by molar-refractivity contribution is 4.92. The molecular weight excluding hydrogens is 172 g/mol. The van der Waals surface area contributed by atoms with E-state index in [1.54, 1.807) is 13.1 Å². The van der Waals surface area contributed by atoms with Crippen LogP contribution in [-0.2, 0) is 13.6 Å². The van der Waals surface area contributed by atoms with Crippen molar-refractivity contribution in [1.29, 1.82) is 0 Å². The van der Waals surface area contributed by atoms with E-state index < -0.39 is 0 Å². The van der Waals surface area contributed by atoms with E-state index in [-0.39, 0.29) is 5.69 Å². The van der Waals surface area contributed by atoms with Gasteiger partial charge in [-0.1, -0.05) is 5.16 Å². The highest BCUT2D eigenvalue weighted by Gasteiger charge is 2.04. The number of hydrogen-bond donors (Lipinski definition) is 0. The van der Waals surface area contributed by atoms with Crippen LogP contribution < -0.4 is 5.69 Å². The Morgan fingerprint density at radius 1 is 1.62 bits per heavy atom. The van der Waals surface area contributed by atoms with Gasteiger partial charge in [-0.15, -0.1) is 0 Å². The molecule has 0 N–H and O–H groups in total. The van der Waals surface area contributed by atoms with Gasteiger partial charge in [0.2, 0.25) is 0 Å². The average molecular weight is 180 g/mol. The van der Waals surface area contributed by atoms with Crippen LogP contribution in [0, 0.1) is 0 Å². The molecule has 0 aliphatic heterocycles. The summed E-state index contributed by atoms with van der Waals surface area (Å²) in [6.07, 6.45) is 2.99. The number of nitrogens with zero attached hydrogens (tertiary/aromatic N) is 4. The zero-order valence-corrected chi connectivity index (χ0v) is 7.04. The van der Waals surface area contributed by atoms with Gasteiger partial charge >= 0.3 is 5.69 Å². The molecule has 0 radical (unpaired) electrons. The number of aryl methyl sites for hydroxylation is 1. The Hall–Kier alpha value is -1.85. The van der Waals surface area contributed by atoms with E-state index in [0.717, 1.165) is 0 Å². The third-order valence-electron chi connectivity index (χ3n) is 1.68. The molecule has 6 heteroatoms. The van der Waals surface area contributed by atoms with Gasteiger partial charge in [-0.25, -0.2) is 9.48 Å². The lowest BCUT2D eigenvalue weighted by Crippen LogP contribution is -2.23. The van der Waals surface area contributed by atoms with Crippen LogP contribution in [0.2, 0.25) is 0 Å². The Balaban J connectivity index is 2.29. The van der Waals surface area contributed by atoms with Gasteiger partial charge in [0.15, 0.2) is 5.76 Å². The predicted octanol–water partition coefficient (Wildman–Crippen LogP) is -0.382. The van der Waals surface area contributed by atoms with Crippen LogP contribution in [0.1, 0.15) is 5.76 Å². The average Bonchev–Trinajstić information content (AvgIpc) is 2.71. The van der Waals surface area contributed by atoms with E-state index in [9.17, 15) is 4.79 Å². The molecule has 68 valence electrons. The molecule has 0 spiro atoms. The van der Waals surface area contributed by atoms with Crippen molar-refractivity contribution in [1.82, 2.24) is 19.5 Å². The molecule has 2 aromatic heterocycles. The van der Waals surface area contributed by atoms with Gasteiger partial charge in [0.25, 0.3) is 0 Å². The quantitative estimate of drug-likeness (QED) is 0.631. The van der Waals surface area contributed by atoms with Crippen LogP contribution >= 0.6 is 0 Å². The van der Waals surface area contributed by atoms with Crippen molar-refractivity contribution >= 4 is 0 Å². The molecule has 2 rings (SSSR count). The summed E-state index contributed by atoms with van der Waals surface area (Å²) < 4.78 is 7.55. The number of rotatable bonds is 2. The number of aromatic nitrogens is 4. The Morgan fingerprint density at radius 3 is 3.00 bits per heavy atom. The van der Waals surface area contributed by atoms with Gasteiger partial charge in [-0.3, -0.25) is 4.57 Å². The minimum absolute atomic E-state index is 0.170. The summed E-state index contributed by atoms with van der Waals surface area (Å²) in [4.78, 5) is 11.3. The van der Waals surface area contributed by atoms with Crippen molar-refractivity contribution in [3.05, 3.63) is 34.8 Å². The summed E-state index contributed by atoms with van der Waals surface area (Å²) in [5.41, 5.74) is -0.170. The summed E-state index contributed by atoms with van der Waals surface area (Å²) in [5.74, 6) is 0.612. The predicted molar refractivity (Wildman–Crippen MR) is 43.1 cm³/mol. The molecule has 0 saturated carbocycles. The normalized spacial score (nSPS) is 10.5. The molecule has 0 saturated heterocycles. The van der Waals surface area contributed by atoms with Crippen LogP contribution in [0.4, 0.5) is 0 Å². The Morgan fingerprint density at radius 2 is 2.46 bits per heavy atom. The van der Waals surface area contributed by atoms with Crippen LogP contribution in [0.15, 0.2) is 27.9 Å². The lowest BCUT2D eigenvalue weighted by atomic mass is 10.5. The van der Waals surface area contributed by atoms with Gasteiger partial charge in [-0.2, -0.15) is 5.10 Å². The Bertz CT molecular complexity index is 439. The third kappa shape index (κ3) is 1.37. The van der Waals surface area contributed by atoms with Crippen LogP contribution in [0.5, 0.6) is 0 Å². The van der Waals surface area contributed by atoms with Gasteiger partial charge in [0, 0.05) is 13.1 Å². The molecule has 0 atom stereocenters. The van der Waals surface area contributed by atoms with Crippen molar-refractivity contribution in [2.75, 3.05) is 0 Å². The minimum atomic E-state index is -0.170. The smallest absolute Gasteiger partial charge is 0.345 e. The lowest BCUT2D eigenvalue weighted by Gasteiger charge is -1.92. The fourth-order valence-electron chi connectivity index (χ4n) is 1.00. The second kappa shape index (κ2) is 2.89. The molecule has 0 fully saturated rings. The summed E-state index contributed by atoms with van der Waals surface area (Å²) >= 11 is 0. The maximum Gasteiger partial charge on any atom is 0.345 e. The van der Waals surface area contributed by atoms with Crippen LogP contribution in [0.3, 0.4) is 0 Å². The van der Waals surface area contributed by atoms with Gasteiger partial charge < -0.3 is 4.52 Å². The minimum Gasteiger partial charge on any atom is -0.359 e. The zero-order chi connectivity index (χ0) is 9.26. The van der Waals surface area contributed by atoms with E-state index in [2.05, 4.69) is 10.3 Å². The third-order valence-corrected chi connectivity index (χ3v) is 1.68. The van der Waals surface area contributed by atoms with Crippen molar-refractivity contribution in [2.45, 2.75) is 6.54 Å². The SMILES string of the molecule is Cn1cnn(Cc2ccno2)c1=O. The highest BCUT2D eigenvalue weighted by atomic mass is 16.5. The lowest BCUT2D eigenvalue weighted by molar-refractivity contribution is 0.369. The molecule has 0 unspecified atom stereocenters. The highest BCUT2D eigenvalue weighted by Crippen LogP contribution is 1.96. The van der Waals surface area contributed by atoms with Crippen molar-refractivity contribution in [3.63, 3.8) is 0 Å². The molecule has 2 aromatic rings. The topological polar surface area (TPSA) is 65.8 Å². The van der Waals surface area contributed by atoms with Crippen LogP contribution in [-0.4, -0.2) is 19.5 Å². The second-order valence-corrected chi connectivity index (χ2v) is 2.66. The first kappa shape index (κ1) is 7.78. The van der Waals surface area contributed by atoms with E-state index in [4.69, 9.17) is 4.52 Å². The van der Waals surface area contributed by atoms with Crippen molar-refractivity contribution < 1.29 is 4.52 Å². The monoisotopic (exact) mass is 180 g/mol. The zero-order valence-electron chi connectivity index (χ0n) is 7.04. The molecule has 0 amide bonds. The largest absolute Gasteiger partial charge is 0.359 e. The molecule has 0 aliphatic carbocycles. The first-order valence-electron chi connectivity index (χ1n) is 3.75. The number of hydrogen-bond acceptors (Lipinski definition) is 4. The molecule has 2 heterocycles. The first-order chi connectivity index (χ1) is 6.27. The molecular formula is C7H8N4O2. The molecule has 0 aromatic carbocycles. The summed E-state index contributed by atoms with van der Waals surface area (Å²) in [6.45, 7) is 0.319. The fourth-order valence-corrected chi connectivity index (χ4v) is 1.00. The van der Waals surface area contributed by atoms with Crippen molar-refractivity contribution in [3.8, 4) is 0 Å². The Kier molecular flexibility index (Phi) is 1.73. The van der Waals surface area contributed by atoms with E-state index in [1.165, 1.54) is 21.8 Å². The first-order valence-corrected chi connectivity index (χ1v) is 3.75. The molecule has 13 heavy (non-hydrogen) atoms. The van der Waals surface area contributed by atoms with E-state index in [0.29, 0.717) is 12.3 Å². The van der Waals surface area contributed by atoms with Gasteiger partial charge in [0.05, 0.1) is 6.20 Å². The van der Waals surface area contributed by atoms with Crippen molar-refractivity contribution in [2.24, 2.45) is 7.05 Å². The van der Waals surface area contributed by atoms with E-state index >= 15 is 0 Å². The molecule has 0 aliphatic rings. The summed E-state index contributed by atoms with van der Waals surface area (Å²) in [6, 6.07) is 1.70. The van der Waals surface area contributed by atoms with Gasteiger partial charge in [-0.05, 0) is 0 Å². The second-order valence-electron chi connectivity index (χ2n) is 2.66. The van der Waals surface area contributed by atoms with Gasteiger partial charge in [0.1, 0.15) is 12.9 Å². The van der Waals surface area contributed by atoms with E-state index in [1.807, 2.05) is 0 Å².